The fraction of sp³-hybridized carbons (Fsp3) is 0.424. The Kier molecular flexibility index (Phi) is 7.95. The minimum atomic E-state index is -3.78. The van der Waals surface area contributed by atoms with E-state index in [1.54, 1.807) is 28.6 Å². The molecule has 0 spiro atoms. The van der Waals surface area contributed by atoms with E-state index in [-0.39, 0.29) is 47.8 Å². The summed E-state index contributed by atoms with van der Waals surface area (Å²) in [6, 6.07) is 20.6. The van der Waals surface area contributed by atoms with Gasteiger partial charge in [0.05, 0.1) is 23.6 Å². The molecule has 3 heterocycles. The number of ether oxygens (including phenoxy) is 1. The van der Waals surface area contributed by atoms with Crippen LogP contribution in [0.15, 0.2) is 77.7 Å². The SMILES string of the molecule is Cc1ccc(S(=O)(=O)N2CCN(C(C)C)[C@H]3CO[C@@H](C(=O)N4CCc5ccccc5[C@@H]4c4ccc(F)cc4)C[C@@H]32)cc1. The summed E-state index contributed by atoms with van der Waals surface area (Å²) in [5, 5.41) is 0. The highest BCUT2D eigenvalue weighted by Crippen LogP contribution is 2.38. The van der Waals surface area contributed by atoms with Gasteiger partial charge in [-0.25, -0.2) is 12.8 Å². The lowest BCUT2D eigenvalue weighted by atomic mass is 9.87. The molecule has 0 bridgehead atoms. The van der Waals surface area contributed by atoms with Gasteiger partial charge in [0.2, 0.25) is 10.0 Å². The standard InChI is InChI=1S/C33H38FN3O4S/c1-22(2)35-18-19-37(42(39,40)27-14-8-23(3)9-15-27)29-20-31(41-21-30(29)35)33(38)36-17-16-24-6-4-5-7-28(24)32(36)25-10-12-26(34)13-11-25/h4-15,22,29-32H,16-21H2,1-3H3/t29-,30-,31+,32-/m0/s1. The number of nitrogens with zero attached hydrogens (tertiary/aromatic N) is 3. The van der Waals surface area contributed by atoms with E-state index in [0.29, 0.717) is 26.1 Å². The molecule has 0 aliphatic carbocycles. The maximum Gasteiger partial charge on any atom is 0.252 e. The van der Waals surface area contributed by atoms with Crippen molar-refractivity contribution in [3.05, 3.63) is 101 Å². The van der Waals surface area contributed by atoms with Crippen LogP contribution in [-0.4, -0.2) is 78.9 Å². The summed E-state index contributed by atoms with van der Waals surface area (Å²) in [4.78, 5) is 18.7. The minimum absolute atomic E-state index is 0.155. The third-order valence-corrected chi connectivity index (χ3v) is 11.0. The van der Waals surface area contributed by atoms with Gasteiger partial charge in [-0.05, 0) is 68.1 Å². The molecule has 4 atom stereocenters. The number of hydrogen-bond donors (Lipinski definition) is 0. The van der Waals surface area contributed by atoms with Crippen LogP contribution in [0.1, 0.15) is 48.6 Å². The van der Waals surface area contributed by atoms with E-state index in [9.17, 15) is 17.6 Å². The largest absolute Gasteiger partial charge is 0.367 e. The van der Waals surface area contributed by atoms with Gasteiger partial charge in [-0.15, -0.1) is 0 Å². The lowest BCUT2D eigenvalue weighted by Crippen LogP contribution is -2.67. The quantitative estimate of drug-likeness (QED) is 0.436. The number of benzene rings is 3. The molecule has 3 aromatic carbocycles. The predicted molar refractivity (Wildman–Crippen MR) is 159 cm³/mol. The number of amides is 1. The van der Waals surface area contributed by atoms with Gasteiger partial charge in [-0.3, -0.25) is 9.69 Å². The van der Waals surface area contributed by atoms with Gasteiger partial charge in [0.1, 0.15) is 11.9 Å². The second-order valence-electron chi connectivity index (χ2n) is 11.9. The first-order chi connectivity index (χ1) is 20.1. The Balaban J connectivity index is 1.32. The second kappa shape index (κ2) is 11.5. The van der Waals surface area contributed by atoms with Crippen LogP contribution in [0.2, 0.25) is 0 Å². The summed E-state index contributed by atoms with van der Waals surface area (Å²) >= 11 is 0. The lowest BCUT2D eigenvalue weighted by molar-refractivity contribution is -0.158. The maximum atomic E-state index is 14.3. The summed E-state index contributed by atoms with van der Waals surface area (Å²) in [5.41, 5.74) is 4.00. The van der Waals surface area contributed by atoms with E-state index in [0.717, 1.165) is 22.3 Å². The van der Waals surface area contributed by atoms with Crippen LogP contribution in [0.5, 0.6) is 0 Å². The number of hydrogen-bond acceptors (Lipinski definition) is 5. The number of rotatable bonds is 5. The molecule has 1 amide bonds. The van der Waals surface area contributed by atoms with Crippen LogP contribution >= 0.6 is 0 Å². The molecule has 222 valence electrons. The topological polar surface area (TPSA) is 70.2 Å². The van der Waals surface area contributed by atoms with Crippen molar-refractivity contribution in [2.75, 3.05) is 26.2 Å². The highest BCUT2D eigenvalue weighted by atomic mass is 32.2. The van der Waals surface area contributed by atoms with Crippen LogP contribution in [0.3, 0.4) is 0 Å². The van der Waals surface area contributed by atoms with Crippen LogP contribution in [0, 0.1) is 12.7 Å². The molecule has 7 nitrogen and oxygen atoms in total. The molecule has 3 aromatic rings. The van der Waals surface area contributed by atoms with Crippen molar-refractivity contribution in [3.8, 4) is 0 Å². The van der Waals surface area contributed by atoms with Gasteiger partial charge in [0.25, 0.3) is 5.91 Å². The number of aryl methyl sites for hydroxylation is 1. The van der Waals surface area contributed by atoms with E-state index in [2.05, 4.69) is 24.8 Å². The number of sulfonamides is 1. The smallest absolute Gasteiger partial charge is 0.252 e. The van der Waals surface area contributed by atoms with Crippen molar-refractivity contribution in [2.24, 2.45) is 0 Å². The van der Waals surface area contributed by atoms with Gasteiger partial charge < -0.3 is 9.64 Å². The first kappa shape index (κ1) is 29.0. The van der Waals surface area contributed by atoms with E-state index in [1.165, 1.54) is 12.1 Å². The van der Waals surface area contributed by atoms with Crippen LogP contribution < -0.4 is 0 Å². The fourth-order valence-corrected chi connectivity index (χ4v) is 8.55. The average molecular weight is 592 g/mol. The van der Waals surface area contributed by atoms with Gasteiger partial charge >= 0.3 is 0 Å². The molecule has 3 aliphatic rings. The average Bonchev–Trinajstić information content (AvgIpc) is 3.00. The van der Waals surface area contributed by atoms with Crippen LogP contribution in [0.25, 0.3) is 0 Å². The van der Waals surface area contributed by atoms with Gasteiger partial charge in [0, 0.05) is 38.1 Å². The molecule has 2 fully saturated rings. The Hall–Kier alpha value is -3.11. The Bertz CT molecular complexity index is 1540. The van der Waals surface area contributed by atoms with E-state index in [1.807, 2.05) is 42.2 Å². The van der Waals surface area contributed by atoms with Crippen LogP contribution in [-0.2, 0) is 26.0 Å². The maximum absolute atomic E-state index is 14.3. The van der Waals surface area contributed by atoms with E-state index < -0.39 is 22.2 Å². The predicted octanol–water partition coefficient (Wildman–Crippen LogP) is 4.55. The molecule has 0 aromatic heterocycles. The molecule has 2 saturated heterocycles. The minimum Gasteiger partial charge on any atom is -0.367 e. The van der Waals surface area contributed by atoms with Crippen molar-refractivity contribution in [3.63, 3.8) is 0 Å². The normalized spacial score (nSPS) is 25.2. The molecular weight excluding hydrogens is 553 g/mol. The molecule has 0 radical (unpaired) electrons. The molecule has 6 rings (SSSR count). The summed E-state index contributed by atoms with van der Waals surface area (Å²) in [5.74, 6) is -0.490. The summed E-state index contributed by atoms with van der Waals surface area (Å²) in [7, 11) is -3.78. The molecule has 0 unspecified atom stereocenters. The zero-order valence-electron chi connectivity index (χ0n) is 24.3. The molecular formula is C33H38FN3O4S. The van der Waals surface area contributed by atoms with Gasteiger partial charge in [0.15, 0.2) is 0 Å². The first-order valence-electron chi connectivity index (χ1n) is 14.7. The number of piperazine rings is 1. The van der Waals surface area contributed by atoms with Crippen molar-refractivity contribution in [1.29, 1.82) is 0 Å². The van der Waals surface area contributed by atoms with E-state index in [4.69, 9.17) is 4.74 Å². The van der Waals surface area contributed by atoms with Gasteiger partial charge in [-0.1, -0.05) is 54.1 Å². The zero-order chi connectivity index (χ0) is 29.6. The monoisotopic (exact) mass is 591 g/mol. The van der Waals surface area contributed by atoms with Crippen molar-refractivity contribution < 1.29 is 22.3 Å². The van der Waals surface area contributed by atoms with Crippen LogP contribution in [0.4, 0.5) is 4.39 Å². The van der Waals surface area contributed by atoms with Crippen molar-refractivity contribution >= 4 is 15.9 Å². The number of halogens is 1. The summed E-state index contributed by atoms with van der Waals surface area (Å²) in [6.07, 6.45) is 0.182. The Labute approximate surface area is 247 Å². The number of carbonyl (C=O) groups excluding carboxylic acids is 1. The van der Waals surface area contributed by atoms with Gasteiger partial charge in [-0.2, -0.15) is 4.31 Å². The third kappa shape index (κ3) is 5.28. The molecule has 0 saturated carbocycles. The zero-order valence-corrected chi connectivity index (χ0v) is 25.1. The summed E-state index contributed by atoms with van der Waals surface area (Å²) < 4.78 is 49.7. The van der Waals surface area contributed by atoms with Crippen molar-refractivity contribution in [1.82, 2.24) is 14.1 Å². The highest BCUT2D eigenvalue weighted by molar-refractivity contribution is 7.89. The molecule has 3 aliphatic heterocycles. The fourth-order valence-electron chi connectivity index (χ4n) is 6.89. The molecule has 9 heteroatoms. The van der Waals surface area contributed by atoms with Crippen molar-refractivity contribution in [2.45, 2.75) is 68.8 Å². The lowest BCUT2D eigenvalue weighted by Gasteiger charge is -2.52. The number of fused-ring (bicyclic) bond motifs is 2. The first-order valence-corrected chi connectivity index (χ1v) is 16.2. The number of carbonyl (C=O) groups is 1. The summed E-state index contributed by atoms with van der Waals surface area (Å²) in [6.45, 7) is 7.86. The second-order valence-corrected chi connectivity index (χ2v) is 13.8. The molecule has 0 N–H and O–H groups in total. The molecule has 42 heavy (non-hydrogen) atoms. The Morgan fingerprint density at radius 1 is 0.929 bits per heavy atom. The Morgan fingerprint density at radius 2 is 1.64 bits per heavy atom. The van der Waals surface area contributed by atoms with E-state index >= 15 is 0 Å². The highest BCUT2D eigenvalue weighted by Gasteiger charge is 2.49. The third-order valence-electron chi connectivity index (χ3n) is 9.06. The Morgan fingerprint density at radius 3 is 2.36 bits per heavy atom.